The number of nitrogens with zero attached hydrogens (tertiary/aromatic N) is 10. The van der Waals surface area contributed by atoms with Gasteiger partial charge in [-0.3, -0.25) is 0 Å². The monoisotopic (exact) mass is 1230 g/mol. The highest BCUT2D eigenvalue weighted by Crippen LogP contribution is 2.43. The summed E-state index contributed by atoms with van der Waals surface area (Å²) in [4.78, 5) is 3.58. The average Bonchev–Trinajstić information content (AvgIpc) is 3.60. The van der Waals surface area contributed by atoms with Gasteiger partial charge in [0.2, 0.25) is 22.6 Å². The van der Waals surface area contributed by atoms with Crippen LogP contribution in [0.15, 0.2) is 290 Å². The van der Waals surface area contributed by atoms with Gasteiger partial charge >= 0.3 is 0 Å². The highest BCUT2D eigenvalue weighted by molar-refractivity contribution is 9.10. The molecule has 0 aliphatic rings. The molecule has 10 aromatic carbocycles. The lowest BCUT2D eigenvalue weighted by Crippen LogP contribution is -3.00. The molecular formula is C73H60Br2N10. The summed E-state index contributed by atoms with van der Waals surface area (Å²) in [6.45, 7) is 3.67. The van der Waals surface area contributed by atoms with Crippen LogP contribution in [0.25, 0.3) is 45.0 Å². The first kappa shape index (κ1) is 56.0. The highest BCUT2D eigenvalue weighted by Gasteiger charge is 2.43. The minimum Gasteiger partial charge on any atom is -1.00 e. The van der Waals surface area contributed by atoms with Crippen molar-refractivity contribution in [3.8, 4) is 45.0 Å². The number of rotatable bonds is 19. The lowest BCUT2D eigenvalue weighted by molar-refractivity contribution is -0.695. The lowest BCUT2D eigenvalue weighted by Gasteiger charge is -2.34. The van der Waals surface area contributed by atoms with Crippen LogP contribution in [0.5, 0.6) is 0 Å². The second-order valence-corrected chi connectivity index (χ2v) is 21.9. The molecule has 0 atom stereocenters. The summed E-state index contributed by atoms with van der Waals surface area (Å²) in [6, 6.07) is 97.1. The summed E-state index contributed by atoms with van der Waals surface area (Å²) < 4.78 is 5.82. The van der Waals surface area contributed by atoms with Crippen LogP contribution in [0.2, 0.25) is 0 Å². The molecule has 3 heterocycles. The van der Waals surface area contributed by atoms with E-state index in [1.807, 2.05) is 48.5 Å². The summed E-state index contributed by atoms with van der Waals surface area (Å²) >= 11 is 4.08. The molecule has 416 valence electrons. The SMILES string of the molecule is CCCCc1c(Br)n(Cc2ccc(-c3ccccc3-c3nnn(C(c4ccccc4)(c4ccccc4)c4ccccc4)n3)cc2)c[n+]1Cc1ccc(-c2ccccc2-c2nnn(C(c3ccccc3)(c3ccccc3)c3ccccc3)n2)cc1.[Br-]. The van der Waals surface area contributed by atoms with E-state index in [1.165, 1.54) is 16.8 Å². The van der Waals surface area contributed by atoms with Gasteiger partial charge in [0.25, 0.3) is 0 Å². The van der Waals surface area contributed by atoms with Crippen molar-refractivity contribution in [1.29, 1.82) is 0 Å². The van der Waals surface area contributed by atoms with Gasteiger partial charge in [-0.15, -0.1) is 30.0 Å². The molecule has 13 aromatic rings. The maximum atomic E-state index is 5.26. The third-order valence-electron chi connectivity index (χ3n) is 16.0. The number of imidazole rings is 1. The fraction of sp³-hybridized carbons (Fsp3) is 0.110. The molecule has 3 aromatic heterocycles. The summed E-state index contributed by atoms with van der Waals surface area (Å²) in [6.07, 6.45) is 5.40. The number of aromatic nitrogens is 10. The van der Waals surface area contributed by atoms with Crippen LogP contribution in [0.3, 0.4) is 0 Å². The Kier molecular flexibility index (Phi) is 16.6. The molecule has 0 unspecified atom stereocenters. The zero-order valence-corrected chi connectivity index (χ0v) is 50.1. The van der Waals surface area contributed by atoms with Crippen molar-refractivity contribution in [1.82, 2.24) is 45.0 Å². The minimum absolute atomic E-state index is 0. The molecule has 0 amide bonds. The summed E-state index contributed by atoms with van der Waals surface area (Å²) in [5.41, 5.74) is 14.1. The van der Waals surface area contributed by atoms with Crippen LogP contribution >= 0.6 is 15.9 Å². The fourth-order valence-corrected chi connectivity index (χ4v) is 12.6. The molecule has 0 fully saturated rings. The summed E-state index contributed by atoms with van der Waals surface area (Å²) in [7, 11) is 0. The van der Waals surface area contributed by atoms with Gasteiger partial charge in [0.05, 0.1) is 0 Å². The molecule has 0 saturated heterocycles. The van der Waals surface area contributed by atoms with Crippen molar-refractivity contribution >= 4 is 15.9 Å². The van der Waals surface area contributed by atoms with Gasteiger partial charge in [0.1, 0.15) is 13.1 Å². The van der Waals surface area contributed by atoms with E-state index in [9.17, 15) is 0 Å². The first-order valence-electron chi connectivity index (χ1n) is 28.6. The van der Waals surface area contributed by atoms with Crippen molar-refractivity contribution < 1.29 is 21.5 Å². The number of hydrogen-bond acceptors (Lipinski definition) is 6. The smallest absolute Gasteiger partial charge is 0.245 e. The summed E-state index contributed by atoms with van der Waals surface area (Å²) in [5, 5.41) is 29.8. The van der Waals surface area contributed by atoms with Crippen LogP contribution in [0.4, 0.5) is 0 Å². The van der Waals surface area contributed by atoms with Gasteiger partial charge in [-0.2, -0.15) is 0 Å². The van der Waals surface area contributed by atoms with Crippen LogP contribution in [-0.4, -0.2) is 45.0 Å². The van der Waals surface area contributed by atoms with Crippen LogP contribution < -0.4 is 21.5 Å². The number of hydrogen-bond donors (Lipinski definition) is 0. The molecule has 13 rings (SSSR count). The Hall–Kier alpha value is -9.49. The Morgan fingerprint density at radius 3 is 1.08 bits per heavy atom. The Labute approximate surface area is 514 Å². The molecule has 0 spiro atoms. The highest BCUT2D eigenvalue weighted by atomic mass is 79.9. The maximum Gasteiger partial charge on any atom is 0.245 e. The third kappa shape index (κ3) is 10.8. The first-order chi connectivity index (χ1) is 41.5. The first-order valence-corrected chi connectivity index (χ1v) is 29.4. The van der Waals surface area contributed by atoms with Gasteiger partial charge in [-0.1, -0.05) is 292 Å². The van der Waals surface area contributed by atoms with Gasteiger partial charge in [0.15, 0.2) is 16.8 Å². The second kappa shape index (κ2) is 25.2. The quantitative estimate of drug-likeness (QED) is 0.0591. The zero-order valence-electron chi connectivity index (χ0n) is 46.9. The minimum atomic E-state index is -0.875. The topological polar surface area (TPSA) is 96.0 Å². The van der Waals surface area contributed by atoms with Gasteiger partial charge < -0.3 is 17.0 Å². The Bertz CT molecular complexity index is 4090. The molecular weight excluding hydrogens is 1180 g/mol. The number of tetrazole rings is 2. The molecule has 0 aliphatic carbocycles. The van der Waals surface area contributed by atoms with Crippen molar-refractivity contribution in [2.24, 2.45) is 0 Å². The maximum absolute atomic E-state index is 5.26. The van der Waals surface area contributed by atoms with E-state index < -0.39 is 11.1 Å². The lowest BCUT2D eigenvalue weighted by atomic mass is 9.77. The zero-order chi connectivity index (χ0) is 56.7. The standard InChI is InChI=1S/C73H60BrN10.BrH/c1-2-3-42-68-69(74)82(52-55-45-49-57(50-46-55)65-39-23-25-41-67(65)71-76-80-84(78-71)73(61-32-16-7-17-33-61,62-34-18-8-19-35-62)63-36-20-9-21-37-63)53-81(68)51-54-43-47-56(48-44-54)64-38-22-24-40-66(64)70-75-79-83(77-70)72(58-26-10-4-11-27-58,59-28-12-5-13-29-59)60-30-14-6-15-31-60;/h4-41,43-50,53H,2-3,42,51-52H2,1H3;1H/q+1;/p-1. The fourth-order valence-electron chi connectivity index (χ4n) is 11.9. The number of halogens is 2. The normalized spacial score (nSPS) is 11.6. The van der Waals surface area contributed by atoms with E-state index in [0.717, 1.165) is 97.2 Å². The van der Waals surface area contributed by atoms with E-state index >= 15 is 0 Å². The van der Waals surface area contributed by atoms with E-state index in [4.69, 9.17) is 30.8 Å². The Balaban J connectivity index is 0.00000709. The predicted molar refractivity (Wildman–Crippen MR) is 336 cm³/mol. The van der Waals surface area contributed by atoms with Gasteiger partial charge in [-0.25, -0.2) is 9.13 Å². The molecule has 0 N–H and O–H groups in total. The van der Waals surface area contributed by atoms with E-state index in [0.29, 0.717) is 18.2 Å². The Morgan fingerprint density at radius 1 is 0.400 bits per heavy atom. The van der Waals surface area contributed by atoms with Crippen molar-refractivity contribution in [3.63, 3.8) is 0 Å². The van der Waals surface area contributed by atoms with Gasteiger partial charge in [-0.05, 0) is 83.6 Å². The van der Waals surface area contributed by atoms with Gasteiger partial charge in [0, 0.05) is 33.5 Å². The molecule has 0 aliphatic heterocycles. The Morgan fingerprint density at radius 2 is 0.729 bits per heavy atom. The largest absolute Gasteiger partial charge is 1.00 e. The molecule has 0 bridgehead atoms. The van der Waals surface area contributed by atoms with E-state index in [2.05, 4.69) is 269 Å². The van der Waals surface area contributed by atoms with Crippen LogP contribution in [0.1, 0.15) is 70.0 Å². The molecule has 12 heteroatoms. The average molecular weight is 1240 g/mol. The second-order valence-electron chi connectivity index (χ2n) is 21.1. The molecule has 10 nitrogen and oxygen atoms in total. The molecule has 0 radical (unpaired) electrons. The number of benzene rings is 10. The predicted octanol–water partition coefficient (Wildman–Crippen LogP) is 12.3. The molecule has 0 saturated carbocycles. The van der Waals surface area contributed by atoms with Crippen LogP contribution in [-0.2, 0) is 30.6 Å². The molecule has 85 heavy (non-hydrogen) atoms. The van der Waals surface area contributed by atoms with Crippen molar-refractivity contribution in [3.05, 3.63) is 340 Å². The van der Waals surface area contributed by atoms with Crippen LogP contribution in [0, 0.1) is 0 Å². The van der Waals surface area contributed by atoms with E-state index in [1.54, 1.807) is 9.59 Å². The third-order valence-corrected chi connectivity index (χ3v) is 16.9. The van der Waals surface area contributed by atoms with Crippen molar-refractivity contribution in [2.45, 2.75) is 50.4 Å². The number of unbranched alkanes of at least 4 members (excludes halogenated alkanes) is 1. The van der Waals surface area contributed by atoms with Crippen molar-refractivity contribution in [2.75, 3.05) is 0 Å². The van der Waals surface area contributed by atoms with E-state index in [-0.39, 0.29) is 17.0 Å². The summed E-state index contributed by atoms with van der Waals surface area (Å²) in [5.74, 6) is 1.10.